The number of aliphatic carboxylic acids is 1. The predicted octanol–water partition coefficient (Wildman–Crippen LogP) is -0.765. The van der Waals surface area contributed by atoms with Gasteiger partial charge >= 0.3 is 5.97 Å². The Labute approximate surface area is 78.3 Å². The highest BCUT2D eigenvalue weighted by Gasteiger charge is 2.30. The number of carbonyl (C=O) groups excluding carboxylic acids is 2. The number of ether oxygens (including phenoxy) is 1. The van der Waals surface area contributed by atoms with E-state index in [1.165, 1.54) is 0 Å². The lowest BCUT2D eigenvalue weighted by Gasteiger charge is -2.16. The number of carboxylic acids is 1. The molecule has 0 atom stereocenters. The van der Waals surface area contributed by atoms with Crippen molar-refractivity contribution in [2.45, 2.75) is 12.3 Å². The van der Waals surface area contributed by atoms with Gasteiger partial charge < -0.3 is 14.6 Å². The molecule has 0 heterocycles. The number of halogens is 2. The molecule has 7 heteroatoms. The minimum Gasteiger partial charge on any atom is -0.544 e. The van der Waals surface area contributed by atoms with Crippen LogP contribution in [0.25, 0.3) is 0 Å². The number of carboxylic acid groups (broad SMARTS) is 1. The summed E-state index contributed by atoms with van der Waals surface area (Å²) in [5.74, 6) is -7.46. The highest BCUT2D eigenvalue weighted by atomic mass is 32.1. The van der Waals surface area contributed by atoms with Crippen molar-refractivity contribution in [3.05, 3.63) is 0 Å². The minimum atomic E-state index is -3.96. The van der Waals surface area contributed by atoms with Gasteiger partial charge in [-0.15, -0.1) is 0 Å². The number of alkyl halides is 2. The second kappa shape index (κ2) is 5.00. The molecule has 0 spiro atoms. The Morgan fingerprint density at radius 3 is 2.38 bits per heavy atom. The number of esters is 1. The van der Waals surface area contributed by atoms with E-state index in [9.17, 15) is 23.5 Å². The maximum Gasteiger partial charge on any atom is 0.315 e. The summed E-state index contributed by atoms with van der Waals surface area (Å²) in [5, 5.41) is 9.75. The average Bonchev–Trinajstić information content (AvgIpc) is 2.03. The SMILES string of the molecule is O=C(CS)OCCC(F)(F)C(=O)[O-]. The van der Waals surface area contributed by atoms with Gasteiger partial charge in [-0.05, 0) is 0 Å². The maximum absolute atomic E-state index is 12.2. The van der Waals surface area contributed by atoms with E-state index in [1.807, 2.05) is 0 Å². The standard InChI is InChI=1S/C6H8F2O4S/c7-6(8,5(10)11)1-2-12-4(9)3-13/h13H,1-3H2,(H,10,11)/p-1. The van der Waals surface area contributed by atoms with E-state index in [2.05, 4.69) is 17.4 Å². The molecule has 0 aliphatic heterocycles. The van der Waals surface area contributed by atoms with Crippen LogP contribution >= 0.6 is 12.6 Å². The monoisotopic (exact) mass is 213 g/mol. The van der Waals surface area contributed by atoms with Crippen LogP contribution in [-0.4, -0.2) is 30.2 Å². The third-order valence-electron chi connectivity index (χ3n) is 1.11. The predicted molar refractivity (Wildman–Crippen MR) is 39.4 cm³/mol. The van der Waals surface area contributed by atoms with Crippen LogP contribution in [0.2, 0.25) is 0 Å². The smallest absolute Gasteiger partial charge is 0.315 e. The Morgan fingerprint density at radius 2 is 2.00 bits per heavy atom. The fraction of sp³-hybridized carbons (Fsp3) is 0.667. The van der Waals surface area contributed by atoms with E-state index in [0.29, 0.717) is 0 Å². The van der Waals surface area contributed by atoms with Crippen molar-refractivity contribution >= 4 is 24.6 Å². The molecule has 0 bridgehead atoms. The van der Waals surface area contributed by atoms with Crippen LogP contribution in [0.4, 0.5) is 8.78 Å². The van der Waals surface area contributed by atoms with Gasteiger partial charge in [0.2, 0.25) is 0 Å². The van der Waals surface area contributed by atoms with Gasteiger partial charge in [-0.25, -0.2) is 0 Å². The summed E-state index contributed by atoms with van der Waals surface area (Å²) in [6.07, 6.45) is -1.09. The van der Waals surface area contributed by atoms with Crippen LogP contribution < -0.4 is 5.11 Å². The molecule has 0 saturated carbocycles. The van der Waals surface area contributed by atoms with Gasteiger partial charge in [0, 0.05) is 0 Å². The molecule has 0 unspecified atom stereocenters. The van der Waals surface area contributed by atoms with E-state index < -0.39 is 30.9 Å². The molecule has 0 aliphatic rings. The van der Waals surface area contributed by atoms with Crippen LogP contribution in [0.5, 0.6) is 0 Å². The van der Waals surface area contributed by atoms with Gasteiger partial charge in [0.25, 0.3) is 5.92 Å². The number of rotatable bonds is 5. The Morgan fingerprint density at radius 1 is 1.46 bits per heavy atom. The first kappa shape index (κ1) is 12.2. The van der Waals surface area contributed by atoms with Gasteiger partial charge in [-0.1, -0.05) is 0 Å². The van der Waals surface area contributed by atoms with Crippen molar-refractivity contribution in [3.63, 3.8) is 0 Å². The topological polar surface area (TPSA) is 66.4 Å². The quantitative estimate of drug-likeness (QED) is 0.481. The number of carbonyl (C=O) groups is 2. The fourth-order valence-electron chi connectivity index (χ4n) is 0.441. The first-order valence-corrected chi connectivity index (χ1v) is 3.89. The molecular weight excluding hydrogens is 206 g/mol. The van der Waals surface area contributed by atoms with Crippen LogP contribution in [0.1, 0.15) is 6.42 Å². The molecule has 0 amide bonds. The van der Waals surface area contributed by atoms with E-state index in [0.717, 1.165) is 0 Å². The Hall–Kier alpha value is -0.850. The van der Waals surface area contributed by atoms with Gasteiger partial charge in [0.15, 0.2) is 0 Å². The summed E-state index contributed by atoms with van der Waals surface area (Å²) in [6.45, 7) is -0.666. The highest BCUT2D eigenvalue weighted by molar-refractivity contribution is 7.81. The summed E-state index contributed by atoms with van der Waals surface area (Å²) >= 11 is 3.51. The van der Waals surface area contributed by atoms with E-state index >= 15 is 0 Å². The summed E-state index contributed by atoms with van der Waals surface area (Å²) in [7, 11) is 0. The molecule has 0 aromatic heterocycles. The van der Waals surface area contributed by atoms with Gasteiger partial charge in [-0.3, -0.25) is 4.79 Å². The second-order valence-corrected chi connectivity index (χ2v) is 2.44. The Bertz CT molecular complexity index is 207. The summed E-state index contributed by atoms with van der Waals surface area (Å²) in [5.41, 5.74) is 0. The molecule has 0 fully saturated rings. The lowest BCUT2D eigenvalue weighted by atomic mass is 10.2. The molecule has 0 aromatic carbocycles. The zero-order valence-corrected chi connectivity index (χ0v) is 7.35. The first-order valence-electron chi connectivity index (χ1n) is 3.26. The van der Waals surface area contributed by atoms with Gasteiger partial charge in [0.05, 0.1) is 18.8 Å². The third-order valence-corrected chi connectivity index (χ3v) is 1.37. The van der Waals surface area contributed by atoms with Crippen molar-refractivity contribution < 1.29 is 28.2 Å². The minimum absolute atomic E-state index is 0.239. The van der Waals surface area contributed by atoms with Crippen molar-refractivity contribution in [1.82, 2.24) is 0 Å². The molecule has 0 aromatic rings. The van der Waals surface area contributed by atoms with E-state index in [-0.39, 0.29) is 5.75 Å². The van der Waals surface area contributed by atoms with Gasteiger partial charge in [-0.2, -0.15) is 21.4 Å². The molecule has 0 aliphatic carbocycles. The second-order valence-electron chi connectivity index (χ2n) is 2.12. The zero-order chi connectivity index (χ0) is 10.5. The Kier molecular flexibility index (Phi) is 4.68. The molecule has 4 nitrogen and oxygen atoms in total. The summed E-state index contributed by atoms with van der Waals surface area (Å²) < 4.78 is 28.6. The van der Waals surface area contributed by atoms with Gasteiger partial charge in [0.1, 0.15) is 5.97 Å². The molecular formula is C6H7F2O4S-. The molecule has 76 valence electrons. The largest absolute Gasteiger partial charge is 0.544 e. The third kappa shape index (κ3) is 4.66. The number of thiol groups is 1. The van der Waals surface area contributed by atoms with Crippen molar-refractivity contribution in [3.8, 4) is 0 Å². The molecule has 0 N–H and O–H groups in total. The van der Waals surface area contributed by atoms with Crippen molar-refractivity contribution in [1.29, 1.82) is 0 Å². The Balaban J connectivity index is 3.76. The zero-order valence-electron chi connectivity index (χ0n) is 6.46. The average molecular weight is 213 g/mol. The lowest BCUT2D eigenvalue weighted by Crippen LogP contribution is -2.42. The normalized spacial score (nSPS) is 11.0. The fourth-order valence-corrected chi connectivity index (χ4v) is 0.532. The highest BCUT2D eigenvalue weighted by Crippen LogP contribution is 2.16. The number of hydrogen-bond acceptors (Lipinski definition) is 5. The summed E-state index contributed by atoms with van der Waals surface area (Å²) in [6, 6.07) is 0. The first-order chi connectivity index (χ1) is 5.90. The molecule has 0 radical (unpaired) electrons. The lowest BCUT2D eigenvalue weighted by molar-refractivity contribution is -0.330. The van der Waals surface area contributed by atoms with E-state index in [1.54, 1.807) is 0 Å². The van der Waals surface area contributed by atoms with Crippen LogP contribution in [0, 0.1) is 0 Å². The van der Waals surface area contributed by atoms with Crippen LogP contribution in [0.15, 0.2) is 0 Å². The van der Waals surface area contributed by atoms with E-state index in [4.69, 9.17) is 0 Å². The maximum atomic E-state index is 12.2. The molecule has 0 rings (SSSR count). The van der Waals surface area contributed by atoms with Crippen molar-refractivity contribution in [2.75, 3.05) is 12.4 Å². The van der Waals surface area contributed by atoms with Crippen LogP contribution in [0.3, 0.4) is 0 Å². The van der Waals surface area contributed by atoms with Crippen molar-refractivity contribution in [2.24, 2.45) is 0 Å². The number of hydrogen-bond donors (Lipinski definition) is 1. The molecule has 13 heavy (non-hydrogen) atoms. The molecule has 0 saturated heterocycles. The summed E-state index contributed by atoms with van der Waals surface area (Å²) in [4.78, 5) is 20.1. The van der Waals surface area contributed by atoms with Crippen LogP contribution in [-0.2, 0) is 14.3 Å².